The van der Waals surface area contributed by atoms with Crippen molar-refractivity contribution < 1.29 is 14.0 Å². The minimum absolute atomic E-state index is 0.268. The van der Waals surface area contributed by atoms with E-state index in [0.717, 1.165) is 21.8 Å². The van der Waals surface area contributed by atoms with E-state index in [9.17, 15) is 14.0 Å². The van der Waals surface area contributed by atoms with E-state index in [1.807, 2.05) is 31.2 Å². The number of nitrogens with zero attached hydrogens (tertiary/aromatic N) is 2. The summed E-state index contributed by atoms with van der Waals surface area (Å²) >= 11 is 3.39. The van der Waals surface area contributed by atoms with Gasteiger partial charge in [0, 0.05) is 40.3 Å². The Hall–Kier alpha value is -2.60. The van der Waals surface area contributed by atoms with Crippen molar-refractivity contribution in [2.24, 2.45) is 5.16 Å². The van der Waals surface area contributed by atoms with Crippen LogP contribution in [0.15, 0.2) is 70.4 Å². The molecule has 1 atom stereocenters. The highest BCUT2D eigenvalue weighted by atomic mass is 79.9. The molecule has 0 spiro atoms. The first-order valence-corrected chi connectivity index (χ1v) is 9.11. The molecule has 0 saturated carbocycles. The van der Waals surface area contributed by atoms with E-state index in [1.54, 1.807) is 18.3 Å². The molecule has 0 aliphatic carbocycles. The first-order valence-electron chi connectivity index (χ1n) is 8.31. The van der Waals surface area contributed by atoms with Gasteiger partial charge in [-0.15, -0.1) is 0 Å². The third-order valence-electron chi connectivity index (χ3n) is 4.31. The number of hydrogen-bond donors (Lipinski definition) is 1. The fraction of sp³-hybridized carbons (Fsp3) is 0.143. The van der Waals surface area contributed by atoms with Gasteiger partial charge in [-0.1, -0.05) is 33.2 Å². The quantitative estimate of drug-likeness (QED) is 0.314. The molecule has 0 aliphatic rings. The second-order valence-corrected chi connectivity index (χ2v) is 7.16. The van der Waals surface area contributed by atoms with Crippen molar-refractivity contribution in [2.45, 2.75) is 19.3 Å². The van der Waals surface area contributed by atoms with Gasteiger partial charge in [0.15, 0.2) is 0 Å². The average Bonchev–Trinajstić information content (AvgIpc) is 2.63. The maximum Gasteiger partial charge on any atom is 0.126 e. The third-order valence-corrected chi connectivity index (χ3v) is 4.84. The maximum atomic E-state index is 13.8. The van der Waals surface area contributed by atoms with Gasteiger partial charge in [-0.25, -0.2) is 8.78 Å². The Kier molecular flexibility index (Phi) is 5.96. The number of hydrogen-bond acceptors (Lipinski definition) is 3. The lowest BCUT2D eigenvalue weighted by molar-refractivity contribution is 0.317. The number of pyridine rings is 1. The van der Waals surface area contributed by atoms with Crippen LogP contribution in [0.5, 0.6) is 0 Å². The van der Waals surface area contributed by atoms with E-state index in [1.165, 1.54) is 12.1 Å². The normalized spacial score (nSPS) is 12.8. The SMILES string of the molecule is Cc1cc(/C(CC(c2ccc(Br)cc2)c2cc(F)cc(F)c2)=N/O)ccn1. The largest absolute Gasteiger partial charge is 0.411 e. The Balaban J connectivity index is 2.05. The van der Waals surface area contributed by atoms with Crippen LogP contribution in [-0.4, -0.2) is 15.9 Å². The molecule has 138 valence electrons. The Morgan fingerprint density at radius 2 is 1.70 bits per heavy atom. The van der Waals surface area contributed by atoms with E-state index in [4.69, 9.17) is 0 Å². The van der Waals surface area contributed by atoms with E-state index in [-0.39, 0.29) is 12.3 Å². The van der Waals surface area contributed by atoms with Crippen molar-refractivity contribution in [3.05, 3.63) is 99.3 Å². The molecule has 0 amide bonds. The van der Waals surface area contributed by atoms with Gasteiger partial charge in [0.25, 0.3) is 0 Å². The zero-order chi connectivity index (χ0) is 19.4. The number of rotatable bonds is 5. The summed E-state index contributed by atoms with van der Waals surface area (Å²) in [5.74, 6) is -1.67. The molecule has 3 nitrogen and oxygen atoms in total. The third kappa shape index (κ3) is 4.77. The molecule has 1 unspecified atom stereocenters. The molecule has 0 radical (unpaired) electrons. The van der Waals surface area contributed by atoms with Gasteiger partial charge in [-0.05, 0) is 54.4 Å². The highest BCUT2D eigenvalue weighted by Crippen LogP contribution is 2.31. The van der Waals surface area contributed by atoms with Crippen LogP contribution >= 0.6 is 15.9 Å². The molecular weight excluding hydrogens is 414 g/mol. The van der Waals surface area contributed by atoms with E-state index >= 15 is 0 Å². The van der Waals surface area contributed by atoms with E-state index in [0.29, 0.717) is 16.8 Å². The number of benzene rings is 2. The van der Waals surface area contributed by atoms with Gasteiger partial charge in [0.05, 0.1) is 5.71 Å². The van der Waals surface area contributed by atoms with Crippen molar-refractivity contribution in [1.82, 2.24) is 4.98 Å². The van der Waals surface area contributed by atoms with Crippen molar-refractivity contribution in [3.63, 3.8) is 0 Å². The molecular formula is C21H17BrF2N2O. The van der Waals surface area contributed by atoms with Crippen LogP contribution in [0.4, 0.5) is 8.78 Å². The molecule has 2 aromatic carbocycles. The molecule has 6 heteroatoms. The smallest absolute Gasteiger partial charge is 0.126 e. The van der Waals surface area contributed by atoms with Crippen LogP contribution in [0.2, 0.25) is 0 Å². The molecule has 27 heavy (non-hydrogen) atoms. The van der Waals surface area contributed by atoms with Gasteiger partial charge in [0.2, 0.25) is 0 Å². The van der Waals surface area contributed by atoms with Gasteiger partial charge in [-0.2, -0.15) is 0 Å². The molecule has 1 heterocycles. The van der Waals surface area contributed by atoms with E-state index < -0.39 is 11.6 Å². The fourth-order valence-corrected chi connectivity index (χ4v) is 3.30. The summed E-state index contributed by atoms with van der Waals surface area (Å²) < 4.78 is 28.6. The van der Waals surface area contributed by atoms with Crippen molar-refractivity contribution in [3.8, 4) is 0 Å². The van der Waals surface area contributed by atoms with Crippen LogP contribution in [0, 0.1) is 18.6 Å². The lowest BCUT2D eigenvalue weighted by Gasteiger charge is -2.19. The summed E-state index contributed by atoms with van der Waals surface area (Å²) in [6.07, 6.45) is 1.90. The number of halogens is 3. The summed E-state index contributed by atoms with van der Waals surface area (Å²) in [4.78, 5) is 4.14. The fourth-order valence-electron chi connectivity index (χ4n) is 3.03. The first-order chi connectivity index (χ1) is 13.0. The molecule has 1 aromatic heterocycles. The molecule has 3 aromatic rings. The highest BCUT2D eigenvalue weighted by molar-refractivity contribution is 9.10. The second kappa shape index (κ2) is 8.39. The zero-order valence-electron chi connectivity index (χ0n) is 14.5. The second-order valence-electron chi connectivity index (χ2n) is 6.24. The topological polar surface area (TPSA) is 45.5 Å². The predicted molar refractivity (Wildman–Crippen MR) is 104 cm³/mol. The minimum Gasteiger partial charge on any atom is -0.411 e. The van der Waals surface area contributed by atoms with Crippen molar-refractivity contribution in [2.75, 3.05) is 0 Å². The van der Waals surface area contributed by atoms with Crippen LogP contribution < -0.4 is 0 Å². The zero-order valence-corrected chi connectivity index (χ0v) is 16.1. The van der Waals surface area contributed by atoms with Crippen LogP contribution in [-0.2, 0) is 0 Å². The van der Waals surface area contributed by atoms with E-state index in [2.05, 4.69) is 26.1 Å². The number of oxime groups is 1. The summed E-state index contributed by atoms with van der Waals surface area (Å²) in [5, 5.41) is 13.0. The molecule has 0 fully saturated rings. The van der Waals surface area contributed by atoms with Gasteiger partial charge < -0.3 is 5.21 Å². The van der Waals surface area contributed by atoms with Crippen molar-refractivity contribution >= 4 is 21.6 Å². The molecule has 3 rings (SSSR count). The summed E-state index contributed by atoms with van der Waals surface area (Å²) in [5.41, 5.74) is 3.24. The molecule has 0 aliphatic heterocycles. The highest BCUT2D eigenvalue weighted by Gasteiger charge is 2.20. The van der Waals surface area contributed by atoms with Gasteiger partial charge in [-0.3, -0.25) is 4.98 Å². The summed E-state index contributed by atoms with van der Waals surface area (Å²) in [7, 11) is 0. The molecule has 0 saturated heterocycles. The first kappa shape index (κ1) is 19.2. The monoisotopic (exact) mass is 430 g/mol. The molecule has 1 N–H and O–H groups in total. The summed E-state index contributed by atoms with van der Waals surface area (Å²) in [6.45, 7) is 1.84. The average molecular weight is 431 g/mol. The number of aromatic nitrogens is 1. The lowest BCUT2D eigenvalue weighted by atomic mass is 9.85. The maximum absolute atomic E-state index is 13.8. The van der Waals surface area contributed by atoms with Crippen LogP contribution in [0.25, 0.3) is 0 Å². The Morgan fingerprint density at radius 1 is 1.04 bits per heavy atom. The Bertz CT molecular complexity index is 954. The standard InChI is InChI=1S/C21H17BrF2N2O/c1-13-8-15(6-7-25-13)21(26-27)12-20(14-2-4-17(22)5-3-14)16-9-18(23)11-19(24)10-16/h2-11,20,27H,12H2,1H3/b26-21+. The Labute approximate surface area is 164 Å². The Morgan fingerprint density at radius 3 is 2.30 bits per heavy atom. The van der Waals surface area contributed by atoms with Gasteiger partial charge >= 0.3 is 0 Å². The molecule has 0 bridgehead atoms. The summed E-state index contributed by atoms with van der Waals surface area (Å²) in [6, 6.07) is 14.5. The number of aryl methyl sites for hydroxylation is 1. The van der Waals surface area contributed by atoms with Gasteiger partial charge in [0.1, 0.15) is 11.6 Å². The lowest BCUT2D eigenvalue weighted by Crippen LogP contribution is -2.11. The van der Waals surface area contributed by atoms with Crippen LogP contribution in [0.1, 0.15) is 34.7 Å². The van der Waals surface area contributed by atoms with Crippen LogP contribution in [0.3, 0.4) is 0 Å². The minimum atomic E-state index is -0.644. The van der Waals surface area contributed by atoms with Crippen molar-refractivity contribution in [1.29, 1.82) is 0 Å². The predicted octanol–water partition coefficient (Wildman–Crippen LogP) is 5.83.